The van der Waals surface area contributed by atoms with Crippen LogP contribution < -0.4 is 5.32 Å². The lowest BCUT2D eigenvalue weighted by Gasteiger charge is -2.38. The molecule has 0 spiro atoms. The number of amides is 2. The lowest BCUT2D eigenvalue weighted by molar-refractivity contribution is 0.0690. The van der Waals surface area contributed by atoms with Crippen molar-refractivity contribution in [2.45, 2.75) is 13.0 Å². The summed E-state index contributed by atoms with van der Waals surface area (Å²) in [5.74, 6) is -1.11. The van der Waals surface area contributed by atoms with Gasteiger partial charge in [0.15, 0.2) is 5.69 Å². The first kappa shape index (κ1) is 14.3. The van der Waals surface area contributed by atoms with E-state index in [1.807, 2.05) is 6.92 Å². The normalized spacial score (nSPS) is 14.9. The van der Waals surface area contributed by atoms with Crippen LogP contribution in [0.25, 0.3) is 0 Å². The van der Waals surface area contributed by atoms with Crippen LogP contribution in [-0.4, -0.2) is 69.8 Å². The highest BCUT2D eigenvalue weighted by atomic mass is 16.5. The molecule has 9 nitrogen and oxygen atoms in total. The Morgan fingerprint density at radius 3 is 2.90 bits per heavy atom. The number of carbonyl (C=O) groups excluding carboxylic acids is 1. The van der Waals surface area contributed by atoms with E-state index in [0.717, 1.165) is 0 Å². The van der Waals surface area contributed by atoms with Gasteiger partial charge in [0.2, 0.25) is 0 Å². The molecule has 1 aromatic rings. The quantitative estimate of drug-likeness (QED) is 0.686. The van der Waals surface area contributed by atoms with Crippen molar-refractivity contribution in [3.8, 4) is 0 Å². The average molecular weight is 283 g/mol. The maximum Gasteiger partial charge on any atom is 0.358 e. The van der Waals surface area contributed by atoms with Crippen LogP contribution in [0.15, 0.2) is 6.20 Å². The molecule has 0 radical (unpaired) electrons. The number of hydrogen-bond donors (Lipinski definition) is 2. The summed E-state index contributed by atoms with van der Waals surface area (Å²) in [6, 6.07) is -0.173. The maximum absolute atomic E-state index is 11.7. The number of carboxylic acids is 1. The van der Waals surface area contributed by atoms with Gasteiger partial charge >= 0.3 is 12.0 Å². The molecular formula is C11H17N5O4. The van der Waals surface area contributed by atoms with Gasteiger partial charge in [0.25, 0.3) is 0 Å². The highest BCUT2D eigenvalue weighted by Gasteiger charge is 2.32. The molecule has 1 saturated heterocycles. The number of nitrogens with zero attached hydrogens (tertiary/aromatic N) is 4. The van der Waals surface area contributed by atoms with Crippen molar-refractivity contribution in [1.29, 1.82) is 0 Å². The van der Waals surface area contributed by atoms with Crippen LogP contribution in [0.5, 0.6) is 0 Å². The molecule has 0 bridgehead atoms. The molecule has 1 aromatic heterocycles. The van der Waals surface area contributed by atoms with Crippen LogP contribution in [0.4, 0.5) is 4.79 Å². The van der Waals surface area contributed by atoms with E-state index in [-0.39, 0.29) is 17.8 Å². The summed E-state index contributed by atoms with van der Waals surface area (Å²) in [4.78, 5) is 24.0. The third kappa shape index (κ3) is 3.23. The van der Waals surface area contributed by atoms with Gasteiger partial charge in [-0.15, -0.1) is 5.10 Å². The molecule has 0 atom stereocenters. The Balaban J connectivity index is 1.73. The van der Waals surface area contributed by atoms with E-state index in [2.05, 4.69) is 15.6 Å². The highest BCUT2D eigenvalue weighted by Crippen LogP contribution is 2.20. The second kappa shape index (κ2) is 6.33. The van der Waals surface area contributed by atoms with Gasteiger partial charge in [-0.05, 0) is 6.92 Å². The topological polar surface area (TPSA) is 110 Å². The van der Waals surface area contributed by atoms with Gasteiger partial charge in [-0.2, -0.15) is 0 Å². The Morgan fingerprint density at radius 2 is 2.30 bits per heavy atom. The van der Waals surface area contributed by atoms with E-state index in [1.54, 1.807) is 4.90 Å². The standard InChI is InChI=1S/C11H17N5O4/c1-2-20-4-3-12-11(19)15-5-8(6-15)16-7-9(10(17)18)13-14-16/h7-8H,2-6H2,1H3,(H,12,19)(H,17,18). The van der Waals surface area contributed by atoms with Crippen LogP contribution in [0, 0.1) is 0 Å². The number of carbonyl (C=O) groups is 2. The van der Waals surface area contributed by atoms with Crippen molar-refractivity contribution in [2.75, 3.05) is 32.8 Å². The first-order valence-electron chi connectivity index (χ1n) is 6.37. The van der Waals surface area contributed by atoms with E-state index in [0.29, 0.717) is 32.8 Å². The van der Waals surface area contributed by atoms with Gasteiger partial charge in [-0.1, -0.05) is 5.21 Å². The number of likely N-dealkylation sites (tertiary alicyclic amines) is 1. The monoisotopic (exact) mass is 283 g/mol. The third-order valence-corrected chi connectivity index (χ3v) is 2.98. The summed E-state index contributed by atoms with van der Waals surface area (Å²) in [5.41, 5.74) is -0.0929. The summed E-state index contributed by atoms with van der Waals surface area (Å²) < 4.78 is 6.60. The number of rotatable bonds is 6. The predicted octanol–water partition coefficient (Wildman–Crippen LogP) is -0.421. The Bertz CT molecular complexity index is 483. The molecule has 9 heteroatoms. The third-order valence-electron chi connectivity index (χ3n) is 2.98. The molecule has 0 aliphatic carbocycles. The fourth-order valence-electron chi connectivity index (χ4n) is 1.83. The fourth-order valence-corrected chi connectivity index (χ4v) is 1.83. The molecular weight excluding hydrogens is 266 g/mol. The van der Waals surface area contributed by atoms with Crippen LogP contribution >= 0.6 is 0 Å². The van der Waals surface area contributed by atoms with Gasteiger partial charge in [-0.25, -0.2) is 14.3 Å². The number of ether oxygens (including phenoxy) is 1. The summed E-state index contributed by atoms with van der Waals surface area (Å²) in [6.07, 6.45) is 1.37. The molecule has 2 N–H and O–H groups in total. The molecule has 0 aromatic carbocycles. The van der Waals surface area contributed by atoms with Crippen molar-refractivity contribution in [2.24, 2.45) is 0 Å². The minimum Gasteiger partial charge on any atom is -0.476 e. The fraction of sp³-hybridized carbons (Fsp3) is 0.636. The van der Waals surface area contributed by atoms with Crippen LogP contribution in [0.3, 0.4) is 0 Å². The van der Waals surface area contributed by atoms with Crippen molar-refractivity contribution >= 4 is 12.0 Å². The Labute approximate surface area is 115 Å². The SMILES string of the molecule is CCOCCNC(=O)N1CC(n2cc(C(=O)O)nn2)C1. The van der Waals surface area contributed by atoms with E-state index in [9.17, 15) is 9.59 Å². The zero-order valence-electron chi connectivity index (χ0n) is 11.2. The lowest BCUT2D eigenvalue weighted by atomic mass is 10.1. The summed E-state index contributed by atoms with van der Waals surface area (Å²) in [6.45, 7) is 4.46. The molecule has 1 fully saturated rings. The first-order chi connectivity index (χ1) is 9.61. The minimum atomic E-state index is -1.11. The zero-order valence-corrected chi connectivity index (χ0v) is 11.2. The number of aromatic nitrogens is 3. The Kier molecular flexibility index (Phi) is 4.51. The van der Waals surface area contributed by atoms with Gasteiger partial charge in [0.05, 0.1) is 18.8 Å². The molecule has 0 saturated carbocycles. The second-order valence-electron chi connectivity index (χ2n) is 4.38. The van der Waals surface area contributed by atoms with Crippen LogP contribution in [0.1, 0.15) is 23.5 Å². The molecule has 0 unspecified atom stereocenters. The number of aromatic carboxylic acids is 1. The molecule has 20 heavy (non-hydrogen) atoms. The van der Waals surface area contributed by atoms with Crippen molar-refractivity contribution < 1.29 is 19.4 Å². The van der Waals surface area contributed by atoms with Crippen molar-refractivity contribution in [3.05, 3.63) is 11.9 Å². The zero-order chi connectivity index (χ0) is 14.5. The van der Waals surface area contributed by atoms with E-state index in [4.69, 9.17) is 9.84 Å². The Morgan fingerprint density at radius 1 is 1.55 bits per heavy atom. The maximum atomic E-state index is 11.7. The van der Waals surface area contributed by atoms with Crippen LogP contribution in [0.2, 0.25) is 0 Å². The lowest BCUT2D eigenvalue weighted by Crippen LogP contribution is -2.54. The number of hydrogen-bond acceptors (Lipinski definition) is 5. The van der Waals surface area contributed by atoms with Gasteiger partial charge in [0.1, 0.15) is 0 Å². The summed E-state index contributed by atoms with van der Waals surface area (Å²) in [5, 5.41) is 18.8. The minimum absolute atomic E-state index is 0.0201. The van der Waals surface area contributed by atoms with Crippen molar-refractivity contribution in [3.63, 3.8) is 0 Å². The molecule has 1 aliphatic rings. The first-order valence-corrected chi connectivity index (χ1v) is 6.37. The van der Waals surface area contributed by atoms with Crippen LogP contribution in [-0.2, 0) is 4.74 Å². The predicted molar refractivity (Wildman–Crippen MR) is 67.5 cm³/mol. The second-order valence-corrected chi connectivity index (χ2v) is 4.38. The smallest absolute Gasteiger partial charge is 0.358 e. The number of urea groups is 1. The highest BCUT2D eigenvalue weighted by molar-refractivity contribution is 5.84. The van der Waals surface area contributed by atoms with E-state index < -0.39 is 5.97 Å². The Hall–Kier alpha value is -2.16. The number of nitrogens with one attached hydrogen (secondary N) is 1. The van der Waals surface area contributed by atoms with Gasteiger partial charge in [0, 0.05) is 26.2 Å². The van der Waals surface area contributed by atoms with E-state index >= 15 is 0 Å². The molecule has 2 amide bonds. The average Bonchev–Trinajstić information content (AvgIpc) is 2.82. The molecule has 2 rings (SSSR count). The summed E-state index contributed by atoms with van der Waals surface area (Å²) >= 11 is 0. The molecule has 110 valence electrons. The number of carboxylic acid groups (broad SMARTS) is 1. The summed E-state index contributed by atoms with van der Waals surface area (Å²) in [7, 11) is 0. The molecule has 2 heterocycles. The van der Waals surface area contributed by atoms with Gasteiger partial charge < -0.3 is 20.1 Å². The van der Waals surface area contributed by atoms with Gasteiger partial charge in [-0.3, -0.25) is 0 Å². The van der Waals surface area contributed by atoms with Crippen molar-refractivity contribution in [1.82, 2.24) is 25.2 Å². The van der Waals surface area contributed by atoms with E-state index in [1.165, 1.54) is 10.9 Å². The largest absolute Gasteiger partial charge is 0.476 e. The molecule has 1 aliphatic heterocycles.